The number of hydrogen-bond donors (Lipinski definition) is 5. The van der Waals surface area contributed by atoms with E-state index in [0.717, 1.165) is 5.56 Å². The Hall–Kier alpha value is -2.06. The Morgan fingerprint density at radius 1 is 1.38 bits per heavy atom. The van der Waals surface area contributed by atoms with Crippen LogP contribution < -0.4 is 15.8 Å². The Bertz CT molecular complexity index is 834. The van der Waals surface area contributed by atoms with Crippen LogP contribution in [0, 0.1) is 0 Å². The number of ether oxygens (including phenoxy) is 1. The minimum absolute atomic E-state index is 0.186. The Balaban J connectivity index is 1.80. The number of nitrogens with zero attached hydrogens (tertiary/aromatic N) is 2. The fourth-order valence-corrected chi connectivity index (χ4v) is 2.82. The van der Waals surface area contributed by atoms with Crippen LogP contribution in [0.25, 0.3) is 0 Å². The van der Waals surface area contributed by atoms with Crippen molar-refractivity contribution >= 4 is 31.0 Å². The Labute approximate surface area is 142 Å². The predicted molar refractivity (Wildman–Crippen MR) is 89.2 cm³/mol. The van der Waals surface area contributed by atoms with E-state index in [-0.39, 0.29) is 5.96 Å². The number of para-hydroxylation sites is 1. The summed E-state index contributed by atoms with van der Waals surface area (Å²) in [6, 6.07) is 6.94. The highest BCUT2D eigenvalue weighted by Crippen LogP contribution is 2.36. The summed E-state index contributed by atoms with van der Waals surface area (Å²) >= 11 is 6.10. The van der Waals surface area contributed by atoms with Crippen LogP contribution in [0.4, 0.5) is 5.82 Å². The normalized spacial score (nSPS) is 17.0. The number of halogens is 1. The quantitative estimate of drug-likeness (QED) is 0.304. The van der Waals surface area contributed by atoms with Crippen molar-refractivity contribution in [3.8, 4) is 5.75 Å². The second kappa shape index (κ2) is 6.45. The molecule has 24 heavy (non-hydrogen) atoms. The SMILES string of the molecule is NC1=NC(Cl)c2[nH]c(Cc3ccccc3OCP(=O)(O)O)nc2N1. The van der Waals surface area contributed by atoms with Crippen molar-refractivity contribution in [2.75, 3.05) is 11.7 Å². The van der Waals surface area contributed by atoms with E-state index >= 15 is 0 Å². The van der Waals surface area contributed by atoms with Crippen molar-refractivity contribution in [2.45, 2.75) is 11.9 Å². The highest BCUT2D eigenvalue weighted by atomic mass is 35.5. The average Bonchev–Trinajstić information content (AvgIpc) is 2.88. The number of aliphatic imine (C=N–C) groups is 1. The third-order valence-electron chi connectivity index (χ3n) is 3.24. The lowest BCUT2D eigenvalue weighted by atomic mass is 10.1. The van der Waals surface area contributed by atoms with E-state index < -0.39 is 19.4 Å². The second-order valence-corrected chi connectivity index (χ2v) is 7.14. The van der Waals surface area contributed by atoms with Crippen molar-refractivity contribution < 1.29 is 19.1 Å². The van der Waals surface area contributed by atoms with E-state index in [2.05, 4.69) is 20.3 Å². The first-order chi connectivity index (χ1) is 11.3. The molecule has 0 aliphatic carbocycles. The van der Waals surface area contributed by atoms with Gasteiger partial charge in [0.25, 0.3) is 0 Å². The molecule has 1 aromatic heterocycles. The molecule has 0 fully saturated rings. The summed E-state index contributed by atoms with van der Waals surface area (Å²) in [7, 11) is -4.26. The molecule has 0 amide bonds. The van der Waals surface area contributed by atoms with Gasteiger partial charge in [0.15, 0.2) is 23.6 Å². The molecule has 2 aromatic rings. The van der Waals surface area contributed by atoms with E-state index in [4.69, 9.17) is 31.9 Å². The highest BCUT2D eigenvalue weighted by Gasteiger charge is 2.23. The zero-order valence-corrected chi connectivity index (χ0v) is 14.0. The molecule has 6 N–H and O–H groups in total. The molecule has 1 atom stereocenters. The summed E-state index contributed by atoms with van der Waals surface area (Å²) in [6.45, 7) is 0. The van der Waals surface area contributed by atoms with E-state index in [1.165, 1.54) is 0 Å². The maximum Gasteiger partial charge on any atom is 0.362 e. The molecule has 0 spiro atoms. The van der Waals surface area contributed by atoms with Crippen LogP contribution in [-0.2, 0) is 11.0 Å². The van der Waals surface area contributed by atoms with Gasteiger partial charge in [-0.1, -0.05) is 29.8 Å². The number of aromatic nitrogens is 2. The summed E-state index contributed by atoms with van der Waals surface area (Å²) in [6.07, 6.45) is -0.329. The number of benzene rings is 1. The Morgan fingerprint density at radius 3 is 2.88 bits per heavy atom. The highest BCUT2D eigenvalue weighted by molar-refractivity contribution is 7.51. The molecule has 1 unspecified atom stereocenters. The maximum absolute atomic E-state index is 11.0. The number of alkyl halides is 1. The van der Waals surface area contributed by atoms with Crippen molar-refractivity contribution in [2.24, 2.45) is 10.7 Å². The van der Waals surface area contributed by atoms with Gasteiger partial charge in [0.05, 0.1) is 0 Å². The minimum Gasteiger partial charge on any atom is -0.481 e. The molecular formula is C13H15ClN5O4P. The van der Waals surface area contributed by atoms with E-state index in [9.17, 15) is 4.57 Å². The number of rotatable bonds is 5. The van der Waals surface area contributed by atoms with Gasteiger partial charge in [0.2, 0.25) is 0 Å². The smallest absolute Gasteiger partial charge is 0.362 e. The minimum atomic E-state index is -4.26. The Kier molecular flexibility index (Phi) is 4.51. The fraction of sp³-hybridized carbons (Fsp3) is 0.231. The first-order valence-corrected chi connectivity index (χ1v) is 9.13. The van der Waals surface area contributed by atoms with Gasteiger partial charge >= 0.3 is 7.60 Å². The summed E-state index contributed by atoms with van der Waals surface area (Å²) in [5.41, 5.74) is 6.29. The van der Waals surface area contributed by atoms with Gasteiger partial charge in [-0.3, -0.25) is 4.57 Å². The molecule has 128 valence electrons. The van der Waals surface area contributed by atoms with E-state index in [0.29, 0.717) is 29.5 Å². The lowest BCUT2D eigenvalue weighted by molar-refractivity contribution is 0.299. The number of nitrogens with one attached hydrogen (secondary N) is 2. The molecule has 11 heteroatoms. The second-order valence-electron chi connectivity index (χ2n) is 5.14. The lowest BCUT2D eigenvalue weighted by Gasteiger charge is -2.13. The lowest BCUT2D eigenvalue weighted by Crippen LogP contribution is -2.26. The van der Waals surface area contributed by atoms with Crippen LogP contribution in [0.1, 0.15) is 22.6 Å². The van der Waals surface area contributed by atoms with Crippen LogP contribution in [0.15, 0.2) is 29.3 Å². The zero-order valence-electron chi connectivity index (χ0n) is 12.3. The standard InChI is InChI=1S/C13H15ClN5O4P/c14-11-10-12(19-13(15)18-11)17-9(16-10)5-7-3-1-2-4-8(7)23-6-24(20,21)22/h1-4,11H,5-6H2,(H,16,17)(H3,15,18,19)(H2,20,21,22). The van der Waals surface area contributed by atoms with Crippen molar-refractivity contribution in [3.63, 3.8) is 0 Å². The molecular weight excluding hydrogens is 357 g/mol. The summed E-state index contributed by atoms with van der Waals surface area (Å²) < 4.78 is 16.2. The van der Waals surface area contributed by atoms with Crippen molar-refractivity contribution in [3.05, 3.63) is 41.3 Å². The predicted octanol–water partition coefficient (Wildman–Crippen LogP) is 1.49. The zero-order chi connectivity index (χ0) is 17.3. The molecule has 9 nitrogen and oxygen atoms in total. The van der Waals surface area contributed by atoms with Crippen LogP contribution in [0.5, 0.6) is 5.75 Å². The number of anilines is 1. The van der Waals surface area contributed by atoms with Crippen LogP contribution in [0.3, 0.4) is 0 Å². The number of nitrogens with two attached hydrogens (primary N) is 1. The van der Waals surface area contributed by atoms with Gasteiger partial charge in [-0.05, 0) is 6.07 Å². The topological polar surface area (TPSA) is 146 Å². The molecule has 0 radical (unpaired) electrons. The average molecular weight is 372 g/mol. The third kappa shape index (κ3) is 3.88. The van der Waals surface area contributed by atoms with Crippen LogP contribution >= 0.6 is 19.2 Å². The number of H-pyrrole nitrogens is 1. The van der Waals surface area contributed by atoms with Gasteiger partial charge in [-0.2, -0.15) is 0 Å². The third-order valence-corrected chi connectivity index (χ3v) is 4.02. The molecule has 1 aliphatic heterocycles. The number of fused-ring (bicyclic) bond motifs is 1. The van der Waals surface area contributed by atoms with Gasteiger partial charge < -0.3 is 30.6 Å². The van der Waals surface area contributed by atoms with Crippen LogP contribution in [-0.4, -0.2) is 32.1 Å². The first-order valence-electron chi connectivity index (χ1n) is 6.90. The van der Waals surface area contributed by atoms with Gasteiger partial charge in [0.1, 0.15) is 17.3 Å². The van der Waals surface area contributed by atoms with Gasteiger partial charge in [-0.25, -0.2) is 9.98 Å². The fourth-order valence-electron chi connectivity index (χ4n) is 2.25. The number of hydrogen-bond acceptors (Lipinski definition) is 6. The molecule has 2 heterocycles. The van der Waals surface area contributed by atoms with E-state index in [1.807, 2.05) is 0 Å². The molecule has 1 aromatic carbocycles. The molecule has 0 saturated carbocycles. The molecule has 3 rings (SSSR count). The van der Waals surface area contributed by atoms with Crippen LogP contribution in [0.2, 0.25) is 0 Å². The number of imidazole rings is 1. The van der Waals surface area contributed by atoms with Gasteiger partial charge in [-0.15, -0.1) is 0 Å². The largest absolute Gasteiger partial charge is 0.481 e. The summed E-state index contributed by atoms with van der Waals surface area (Å²) in [5, 5.41) is 2.82. The molecule has 1 aliphatic rings. The number of aromatic amines is 1. The Morgan fingerprint density at radius 2 is 2.12 bits per heavy atom. The van der Waals surface area contributed by atoms with Crippen molar-refractivity contribution in [1.29, 1.82) is 0 Å². The van der Waals surface area contributed by atoms with E-state index in [1.54, 1.807) is 24.3 Å². The summed E-state index contributed by atoms with van der Waals surface area (Å²) in [5.74, 6) is 1.66. The first kappa shape index (κ1) is 16.8. The van der Waals surface area contributed by atoms with Gasteiger partial charge in [0, 0.05) is 12.0 Å². The summed E-state index contributed by atoms with van der Waals surface area (Å²) in [4.78, 5) is 29.3. The molecule has 0 saturated heterocycles. The number of guanidine groups is 1. The maximum atomic E-state index is 11.0. The molecule has 0 bridgehead atoms. The monoisotopic (exact) mass is 371 g/mol. The van der Waals surface area contributed by atoms with Crippen molar-refractivity contribution in [1.82, 2.24) is 9.97 Å².